The fourth-order valence-corrected chi connectivity index (χ4v) is 4.23. The third-order valence-electron chi connectivity index (χ3n) is 4.92. The lowest BCUT2D eigenvalue weighted by Crippen LogP contribution is -2.62. The van der Waals surface area contributed by atoms with E-state index < -0.39 is 0 Å². The highest BCUT2D eigenvalue weighted by atomic mass is 16.5. The van der Waals surface area contributed by atoms with E-state index in [2.05, 4.69) is 38.3 Å². The van der Waals surface area contributed by atoms with Crippen LogP contribution in [0.5, 0.6) is 0 Å². The zero-order valence-corrected chi connectivity index (χ0v) is 17.3. The van der Waals surface area contributed by atoms with Crippen LogP contribution in [0.25, 0.3) is 17.0 Å². The first kappa shape index (κ1) is 20.2. The molecule has 0 radical (unpaired) electrons. The van der Waals surface area contributed by atoms with Crippen molar-refractivity contribution in [1.82, 2.24) is 10.6 Å². The predicted octanol–water partition coefficient (Wildman–Crippen LogP) is 4.40. The largest absolute Gasteiger partial charge is 0.491 e. The van der Waals surface area contributed by atoms with Gasteiger partial charge < -0.3 is 19.8 Å². The molecular weight excluding hydrogens is 352 g/mol. The van der Waals surface area contributed by atoms with Crippen molar-refractivity contribution in [2.24, 2.45) is 0 Å². The number of fused-ring (bicyclic) bond motifs is 1. The van der Waals surface area contributed by atoms with E-state index in [1.807, 2.05) is 36.4 Å². The molecule has 0 atom stereocenters. The number of hydrogen-bond donors (Lipinski definition) is 2. The smallest absolute Gasteiger partial charge is 0.286 e. The van der Waals surface area contributed by atoms with E-state index in [9.17, 15) is 4.79 Å². The molecule has 150 valence electrons. The zero-order valence-electron chi connectivity index (χ0n) is 17.3. The van der Waals surface area contributed by atoms with Gasteiger partial charge in [-0.15, -0.1) is 0 Å². The van der Waals surface area contributed by atoms with Crippen molar-refractivity contribution in [1.29, 1.82) is 0 Å². The van der Waals surface area contributed by atoms with Gasteiger partial charge in [-0.2, -0.15) is 0 Å². The summed E-state index contributed by atoms with van der Waals surface area (Å²) in [5.41, 5.74) is 0.780. The quantitative estimate of drug-likeness (QED) is 0.457. The fourth-order valence-electron chi connectivity index (χ4n) is 4.23. The van der Waals surface area contributed by atoms with Crippen molar-refractivity contribution >= 4 is 23.0 Å². The summed E-state index contributed by atoms with van der Waals surface area (Å²) in [6.45, 7) is 8.65. The first-order valence-corrected chi connectivity index (χ1v) is 9.69. The maximum absolute atomic E-state index is 12.7. The summed E-state index contributed by atoms with van der Waals surface area (Å²) in [6, 6.07) is 9.90. The molecule has 0 unspecified atom stereocenters. The summed E-state index contributed by atoms with van der Waals surface area (Å²) >= 11 is 0. The van der Waals surface area contributed by atoms with Crippen LogP contribution in [-0.2, 0) is 9.53 Å². The second-order valence-corrected chi connectivity index (χ2v) is 8.75. The minimum atomic E-state index is -0.199. The molecule has 1 aromatic carbocycles. The number of para-hydroxylation sites is 1. The van der Waals surface area contributed by atoms with Gasteiger partial charge in [0.1, 0.15) is 11.3 Å². The van der Waals surface area contributed by atoms with Gasteiger partial charge in [0.15, 0.2) is 5.76 Å². The van der Waals surface area contributed by atoms with E-state index in [0.29, 0.717) is 0 Å². The van der Waals surface area contributed by atoms with Gasteiger partial charge in [0.25, 0.3) is 5.91 Å². The average Bonchev–Trinajstić information content (AvgIpc) is 2.98. The van der Waals surface area contributed by atoms with Crippen molar-refractivity contribution in [3.05, 3.63) is 54.0 Å². The molecule has 0 saturated carbocycles. The van der Waals surface area contributed by atoms with Crippen molar-refractivity contribution in [3.63, 3.8) is 0 Å². The number of hydrogen-bond acceptors (Lipinski definition) is 4. The van der Waals surface area contributed by atoms with Crippen LogP contribution in [0.1, 0.15) is 46.3 Å². The van der Waals surface area contributed by atoms with Gasteiger partial charge in [0.05, 0.1) is 7.11 Å². The van der Waals surface area contributed by atoms with Crippen molar-refractivity contribution < 1.29 is 13.9 Å². The number of methoxy groups -OCH3 is 1. The third-order valence-corrected chi connectivity index (χ3v) is 4.92. The topological polar surface area (TPSA) is 63.5 Å². The lowest BCUT2D eigenvalue weighted by atomic mass is 9.79. The number of nitrogens with one attached hydrogen (secondary N) is 2. The van der Waals surface area contributed by atoms with Gasteiger partial charge in [-0.1, -0.05) is 24.3 Å². The Kier molecular flexibility index (Phi) is 5.66. The van der Waals surface area contributed by atoms with Crippen molar-refractivity contribution in [3.8, 4) is 0 Å². The number of piperidine rings is 1. The Morgan fingerprint density at radius 2 is 1.89 bits per heavy atom. The van der Waals surface area contributed by atoms with Crippen molar-refractivity contribution in [2.75, 3.05) is 7.11 Å². The Morgan fingerprint density at radius 1 is 1.21 bits per heavy atom. The number of rotatable bonds is 5. The van der Waals surface area contributed by atoms with Gasteiger partial charge in [0, 0.05) is 22.5 Å². The minimum absolute atomic E-state index is 0.0299. The number of ether oxygens (including phenoxy) is 1. The maximum Gasteiger partial charge on any atom is 0.286 e. The number of carbonyl (C=O) groups excluding carboxylic acids is 1. The van der Waals surface area contributed by atoms with E-state index in [1.165, 1.54) is 7.11 Å². The summed E-state index contributed by atoms with van der Waals surface area (Å²) < 4.78 is 11.1. The predicted molar refractivity (Wildman–Crippen MR) is 113 cm³/mol. The first-order valence-electron chi connectivity index (χ1n) is 9.69. The van der Waals surface area contributed by atoms with Crippen LogP contribution in [0.3, 0.4) is 0 Å². The maximum atomic E-state index is 12.7. The highest BCUT2D eigenvalue weighted by Gasteiger charge is 2.38. The molecule has 1 aliphatic rings. The van der Waals surface area contributed by atoms with Gasteiger partial charge in [0.2, 0.25) is 0 Å². The van der Waals surface area contributed by atoms with E-state index in [-0.39, 0.29) is 28.8 Å². The lowest BCUT2D eigenvalue weighted by molar-refractivity contribution is -0.121. The molecule has 3 rings (SSSR count). The van der Waals surface area contributed by atoms with Crippen LogP contribution in [-0.4, -0.2) is 30.1 Å². The summed E-state index contributed by atoms with van der Waals surface area (Å²) in [4.78, 5) is 12.7. The number of carbonyl (C=O) groups is 1. The average molecular weight is 383 g/mol. The molecule has 0 bridgehead atoms. The first-order chi connectivity index (χ1) is 13.2. The lowest BCUT2D eigenvalue weighted by Gasteiger charge is -2.46. The van der Waals surface area contributed by atoms with Crippen LogP contribution in [0, 0.1) is 0 Å². The van der Waals surface area contributed by atoms with Crippen molar-refractivity contribution in [2.45, 2.75) is 57.7 Å². The SMILES string of the molecule is COC(=CC=Cc1cc2ccccc2o1)C(=O)NC1CC(C)(C)NC(C)(C)C1. The van der Waals surface area contributed by atoms with Crippen LogP contribution in [0.2, 0.25) is 0 Å². The minimum Gasteiger partial charge on any atom is -0.491 e. The fraction of sp³-hybridized carbons (Fsp3) is 0.435. The zero-order chi connectivity index (χ0) is 20.4. The molecule has 1 amide bonds. The molecule has 5 heteroatoms. The monoisotopic (exact) mass is 382 g/mol. The standard InChI is InChI=1S/C23H30N2O3/c1-22(2)14-17(15-23(3,4)25-22)24-21(26)20(27-5)12-8-10-18-13-16-9-6-7-11-19(16)28-18/h6-13,17,25H,14-15H2,1-5H3,(H,24,26). The van der Waals surface area contributed by atoms with Gasteiger partial charge in [-0.3, -0.25) is 4.79 Å². The van der Waals surface area contributed by atoms with E-state index in [0.717, 1.165) is 29.6 Å². The number of allylic oxidation sites excluding steroid dienone is 2. The molecule has 2 heterocycles. The normalized spacial score (nSPS) is 19.8. The highest BCUT2D eigenvalue weighted by Crippen LogP contribution is 2.28. The molecule has 1 aliphatic heterocycles. The molecule has 2 N–H and O–H groups in total. The van der Waals surface area contributed by atoms with Crippen LogP contribution < -0.4 is 10.6 Å². The van der Waals surface area contributed by atoms with Crippen LogP contribution >= 0.6 is 0 Å². The molecule has 2 aromatic rings. The molecule has 28 heavy (non-hydrogen) atoms. The second kappa shape index (κ2) is 7.84. The Balaban J connectivity index is 1.67. The van der Waals surface area contributed by atoms with E-state index in [1.54, 1.807) is 12.2 Å². The molecular formula is C23H30N2O3. The highest BCUT2D eigenvalue weighted by molar-refractivity contribution is 5.92. The molecule has 0 aliphatic carbocycles. The Bertz CT molecular complexity index is 856. The summed E-state index contributed by atoms with van der Waals surface area (Å²) in [6.07, 6.45) is 7.00. The van der Waals surface area contributed by atoms with Gasteiger partial charge in [-0.25, -0.2) is 0 Å². The third kappa shape index (κ3) is 5.04. The van der Waals surface area contributed by atoms with Gasteiger partial charge in [-0.05, 0) is 64.8 Å². The summed E-state index contributed by atoms with van der Waals surface area (Å²) in [5.74, 6) is 0.812. The summed E-state index contributed by atoms with van der Waals surface area (Å²) in [5, 5.41) is 7.79. The molecule has 0 spiro atoms. The molecule has 1 saturated heterocycles. The molecule has 1 fully saturated rings. The van der Waals surface area contributed by atoms with Crippen LogP contribution in [0.4, 0.5) is 0 Å². The molecule has 1 aromatic heterocycles. The Morgan fingerprint density at radius 3 is 2.54 bits per heavy atom. The van der Waals surface area contributed by atoms with E-state index in [4.69, 9.17) is 9.15 Å². The summed E-state index contributed by atoms with van der Waals surface area (Å²) in [7, 11) is 1.51. The number of amides is 1. The number of benzene rings is 1. The Labute approximate surface area is 166 Å². The Hall–Kier alpha value is -2.53. The van der Waals surface area contributed by atoms with Gasteiger partial charge >= 0.3 is 0 Å². The molecule has 5 nitrogen and oxygen atoms in total. The second-order valence-electron chi connectivity index (χ2n) is 8.75. The van der Waals surface area contributed by atoms with E-state index >= 15 is 0 Å². The number of furan rings is 1. The van der Waals surface area contributed by atoms with Crippen LogP contribution in [0.15, 0.2) is 52.7 Å².